The van der Waals surface area contributed by atoms with Gasteiger partial charge in [0, 0.05) is 9.79 Å². The Morgan fingerprint density at radius 1 is 0.423 bits per heavy atom. The Bertz CT molecular complexity index is 1200. The lowest BCUT2D eigenvalue weighted by Gasteiger charge is -2.11. The van der Waals surface area contributed by atoms with E-state index in [1.54, 1.807) is 23.5 Å². The van der Waals surface area contributed by atoms with Crippen molar-refractivity contribution < 1.29 is 0 Å². The van der Waals surface area contributed by atoms with Crippen LogP contribution in [0.25, 0.3) is 43.1 Å². The molecule has 0 aliphatic carbocycles. The third-order valence-electron chi connectivity index (χ3n) is 5.24. The predicted molar refractivity (Wildman–Crippen MR) is 120 cm³/mol. The van der Waals surface area contributed by atoms with Gasteiger partial charge in [0.2, 0.25) is 0 Å². The highest BCUT2D eigenvalue weighted by molar-refractivity contribution is 7.98. The molecule has 0 amide bonds. The van der Waals surface area contributed by atoms with Crippen molar-refractivity contribution >= 4 is 66.6 Å². The zero-order valence-electron chi connectivity index (χ0n) is 14.7. The van der Waals surface area contributed by atoms with Gasteiger partial charge in [0.25, 0.3) is 0 Å². The molecule has 0 saturated carbocycles. The highest BCUT2D eigenvalue weighted by Crippen LogP contribution is 2.36. The van der Waals surface area contributed by atoms with E-state index in [2.05, 4.69) is 85.3 Å². The Labute approximate surface area is 161 Å². The van der Waals surface area contributed by atoms with Gasteiger partial charge in [0.15, 0.2) is 0 Å². The van der Waals surface area contributed by atoms with Crippen molar-refractivity contribution in [1.82, 2.24) is 0 Å². The fraction of sp³-hybridized carbons (Fsp3) is 0.0833. The van der Waals surface area contributed by atoms with Gasteiger partial charge in [-0.25, -0.2) is 0 Å². The summed E-state index contributed by atoms with van der Waals surface area (Å²) >= 11 is 3.59. The molecule has 0 heterocycles. The van der Waals surface area contributed by atoms with Crippen LogP contribution in [0.15, 0.2) is 82.6 Å². The van der Waals surface area contributed by atoms with E-state index in [4.69, 9.17) is 0 Å². The smallest absolute Gasteiger partial charge is 0.00755 e. The third-order valence-corrected chi connectivity index (χ3v) is 6.69. The maximum atomic E-state index is 2.29. The molecule has 0 bridgehead atoms. The van der Waals surface area contributed by atoms with E-state index in [0.717, 1.165) is 0 Å². The van der Waals surface area contributed by atoms with E-state index in [1.165, 1.54) is 52.9 Å². The Morgan fingerprint density at radius 2 is 0.769 bits per heavy atom. The topological polar surface area (TPSA) is 0 Å². The first-order valence-electron chi connectivity index (χ1n) is 8.68. The molecule has 0 radical (unpaired) electrons. The summed E-state index contributed by atoms with van der Waals surface area (Å²) in [6, 6.07) is 27.2. The summed E-state index contributed by atoms with van der Waals surface area (Å²) in [5, 5.41) is 10.6. The van der Waals surface area contributed by atoms with Crippen LogP contribution in [-0.4, -0.2) is 12.5 Å². The van der Waals surface area contributed by atoms with Gasteiger partial charge in [-0.15, -0.1) is 23.5 Å². The second-order valence-corrected chi connectivity index (χ2v) is 8.32. The van der Waals surface area contributed by atoms with Gasteiger partial charge in [-0.3, -0.25) is 0 Å². The highest BCUT2D eigenvalue weighted by Gasteiger charge is 2.08. The average molecular weight is 371 g/mol. The number of thioether (sulfide) groups is 2. The minimum atomic E-state index is 1.31. The Hall–Kier alpha value is -2.16. The molecular weight excluding hydrogens is 352 g/mol. The number of fused-ring (bicyclic) bond motifs is 7. The van der Waals surface area contributed by atoms with Crippen LogP contribution in [0, 0.1) is 0 Å². The highest BCUT2D eigenvalue weighted by atomic mass is 32.2. The largest absolute Gasteiger partial charge is 0.130 e. The lowest BCUT2D eigenvalue weighted by Crippen LogP contribution is -1.83. The van der Waals surface area contributed by atoms with Crippen molar-refractivity contribution in [3.63, 3.8) is 0 Å². The lowest BCUT2D eigenvalue weighted by atomic mass is 9.94. The summed E-state index contributed by atoms with van der Waals surface area (Å²) in [7, 11) is 0. The van der Waals surface area contributed by atoms with Crippen LogP contribution in [0.3, 0.4) is 0 Å². The summed E-state index contributed by atoms with van der Waals surface area (Å²) < 4.78 is 0. The zero-order chi connectivity index (χ0) is 17.7. The van der Waals surface area contributed by atoms with E-state index in [-0.39, 0.29) is 0 Å². The molecule has 2 heteroatoms. The van der Waals surface area contributed by atoms with E-state index < -0.39 is 0 Å². The van der Waals surface area contributed by atoms with Crippen LogP contribution in [0.4, 0.5) is 0 Å². The summed E-state index contributed by atoms with van der Waals surface area (Å²) in [6.45, 7) is 0. The molecule has 5 rings (SSSR count). The number of hydrogen-bond acceptors (Lipinski definition) is 2. The first-order chi connectivity index (χ1) is 12.8. The van der Waals surface area contributed by atoms with Gasteiger partial charge in [0.1, 0.15) is 0 Å². The summed E-state index contributed by atoms with van der Waals surface area (Å²) in [5.74, 6) is 0. The number of hydrogen-bond donors (Lipinski definition) is 0. The fourth-order valence-electron chi connectivity index (χ4n) is 3.91. The van der Waals surface area contributed by atoms with Gasteiger partial charge >= 0.3 is 0 Å². The maximum absolute atomic E-state index is 2.29. The second kappa shape index (κ2) is 6.22. The van der Waals surface area contributed by atoms with E-state index in [9.17, 15) is 0 Å². The lowest BCUT2D eigenvalue weighted by molar-refractivity contribution is 1.52. The van der Waals surface area contributed by atoms with Gasteiger partial charge in [-0.05, 0) is 79.9 Å². The molecule has 0 aromatic heterocycles. The SMILES string of the molecule is CSc1ccc2c(ccc3c2ccc2c4ccc(SC)cc4ccc23)c1. The van der Waals surface area contributed by atoms with E-state index in [1.807, 2.05) is 0 Å². The van der Waals surface area contributed by atoms with Crippen molar-refractivity contribution in [1.29, 1.82) is 0 Å². The van der Waals surface area contributed by atoms with Crippen LogP contribution in [0.5, 0.6) is 0 Å². The minimum Gasteiger partial charge on any atom is -0.130 e. The monoisotopic (exact) mass is 370 g/mol. The van der Waals surface area contributed by atoms with Crippen LogP contribution < -0.4 is 0 Å². The molecule has 0 nitrogen and oxygen atoms in total. The molecule has 5 aromatic rings. The van der Waals surface area contributed by atoms with Crippen molar-refractivity contribution in [2.75, 3.05) is 12.5 Å². The molecule has 0 spiro atoms. The molecule has 26 heavy (non-hydrogen) atoms. The number of benzene rings is 5. The van der Waals surface area contributed by atoms with Crippen LogP contribution in [0.1, 0.15) is 0 Å². The molecule has 0 aliphatic rings. The molecule has 0 unspecified atom stereocenters. The molecule has 0 fully saturated rings. The van der Waals surface area contributed by atoms with Crippen molar-refractivity contribution in [2.45, 2.75) is 9.79 Å². The third kappa shape index (κ3) is 2.40. The van der Waals surface area contributed by atoms with Gasteiger partial charge in [0.05, 0.1) is 0 Å². The average Bonchev–Trinajstić information content (AvgIpc) is 2.71. The summed E-state index contributed by atoms with van der Waals surface area (Å²) in [4.78, 5) is 2.63. The molecule has 5 aromatic carbocycles. The van der Waals surface area contributed by atoms with Crippen molar-refractivity contribution in [3.8, 4) is 0 Å². The molecule has 0 saturated heterocycles. The quantitative estimate of drug-likeness (QED) is 0.230. The zero-order valence-corrected chi connectivity index (χ0v) is 16.4. The summed E-state index contributed by atoms with van der Waals surface area (Å²) in [6.07, 6.45) is 4.26. The second-order valence-electron chi connectivity index (χ2n) is 6.56. The molecule has 0 aliphatic heterocycles. The molecule has 0 N–H and O–H groups in total. The Morgan fingerprint density at radius 3 is 1.19 bits per heavy atom. The van der Waals surface area contributed by atoms with Crippen LogP contribution in [-0.2, 0) is 0 Å². The Balaban J connectivity index is 1.87. The number of rotatable bonds is 2. The molecule has 0 atom stereocenters. The van der Waals surface area contributed by atoms with E-state index in [0.29, 0.717) is 0 Å². The minimum absolute atomic E-state index is 1.31. The standard InChI is InChI=1S/C24H18S2/c1-25-17-5-9-19-15(13-17)3-7-23-21(19)11-12-22-20-10-6-18(26-2)14-16(20)4-8-24(22)23/h3-14H,1-2H3. The molecule has 126 valence electrons. The fourth-order valence-corrected chi connectivity index (χ4v) is 4.81. The maximum Gasteiger partial charge on any atom is 0.00755 e. The normalized spacial score (nSPS) is 11.8. The predicted octanol–water partition coefficient (Wildman–Crippen LogP) is 7.74. The van der Waals surface area contributed by atoms with Crippen LogP contribution in [0.2, 0.25) is 0 Å². The van der Waals surface area contributed by atoms with Gasteiger partial charge in [-0.1, -0.05) is 48.5 Å². The van der Waals surface area contributed by atoms with E-state index >= 15 is 0 Å². The van der Waals surface area contributed by atoms with Gasteiger partial charge in [-0.2, -0.15) is 0 Å². The molecular formula is C24H18S2. The van der Waals surface area contributed by atoms with Gasteiger partial charge < -0.3 is 0 Å². The van der Waals surface area contributed by atoms with Crippen LogP contribution >= 0.6 is 23.5 Å². The summed E-state index contributed by atoms with van der Waals surface area (Å²) in [5.41, 5.74) is 0. The Kier molecular flexibility index (Phi) is 3.84. The first kappa shape index (κ1) is 16.0. The van der Waals surface area contributed by atoms with Crippen molar-refractivity contribution in [2.24, 2.45) is 0 Å². The first-order valence-corrected chi connectivity index (χ1v) is 11.1. The van der Waals surface area contributed by atoms with Crippen molar-refractivity contribution in [3.05, 3.63) is 72.8 Å².